The van der Waals surface area contributed by atoms with Crippen molar-refractivity contribution in [2.75, 3.05) is 26.2 Å². The number of aliphatic carboxylic acids is 2. The number of β-amino-alcohol motifs (C(OH)–C–C–N with tert-alkyl or cyclic N) is 1. The van der Waals surface area contributed by atoms with Crippen molar-refractivity contribution < 1.29 is 29.7 Å². The van der Waals surface area contributed by atoms with E-state index in [0.29, 0.717) is 24.4 Å². The van der Waals surface area contributed by atoms with Gasteiger partial charge in [0, 0.05) is 24.9 Å². The van der Waals surface area contributed by atoms with Crippen molar-refractivity contribution in [3.05, 3.63) is 42.2 Å². The van der Waals surface area contributed by atoms with Crippen LogP contribution in [0.1, 0.15) is 25.0 Å². The van der Waals surface area contributed by atoms with Gasteiger partial charge >= 0.3 is 11.9 Å². The van der Waals surface area contributed by atoms with E-state index in [1.807, 2.05) is 6.07 Å². The molecule has 2 heterocycles. The maximum Gasteiger partial charge on any atom is 0.328 e. The van der Waals surface area contributed by atoms with Crippen molar-refractivity contribution in [1.82, 2.24) is 9.88 Å². The summed E-state index contributed by atoms with van der Waals surface area (Å²) in [6.45, 7) is 2.86. The number of carboxylic acid groups (broad SMARTS) is 2. The molecule has 1 aliphatic heterocycles. The molecule has 1 fully saturated rings. The lowest BCUT2D eigenvalue weighted by Gasteiger charge is -2.27. The number of rotatable bonds is 8. The quantitative estimate of drug-likeness (QED) is 0.332. The number of carboxylic acids is 2. The van der Waals surface area contributed by atoms with Gasteiger partial charge in [-0.1, -0.05) is 29.2 Å². The zero-order valence-electron chi connectivity index (χ0n) is 15.3. The highest BCUT2D eigenvalue weighted by molar-refractivity contribution is 6.69. The van der Waals surface area contributed by atoms with E-state index in [1.54, 1.807) is 18.3 Å². The number of hydrogen-bond donors (Lipinski definition) is 3. The molecule has 0 saturated carbocycles. The number of oxime groups is 1. The highest BCUT2D eigenvalue weighted by Gasteiger charge is 2.15. The number of halogens is 1. The number of pyridine rings is 1. The third kappa shape index (κ3) is 11.3. The Morgan fingerprint density at radius 1 is 1.21 bits per heavy atom. The molecule has 3 N–H and O–H groups in total. The smallest absolute Gasteiger partial charge is 0.328 e. The van der Waals surface area contributed by atoms with E-state index in [9.17, 15) is 14.7 Å². The van der Waals surface area contributed by atoms with Crippen LogP contribution in [0.4, 0.5) is 0 Å². The summed E-state index contributed by atoms with van der Waals surface area (Å²) in [5, 5.41) is 29.5. The zero-order valence-corrected chi connectivity index (χ0v) is 16.0. The van der Waals surface area contributed by atoms with Gasteiger partial charge in [-0.05, 0) is 38.1 Å². The average Bonchev–Trinajstić information content (AvgIpc) is 2.68. The number of carbonyl (C=O) groups is 2. The first-order valence-electron chi connectivity index (χ1n) is 8.69. The monoisotopic (exact) mass is 413 g/mol. The summed E-state index contributed by atoms with van der Waals surface area (Å²) in [5.41, 5.74) is 0.555. The van der Waals surface area contributed by atoms with E-state index in [4.69, 9.17) is 26.7 Å². The van der Waals surface area contributed by atoms with Gasteiger partial charge in [0.1, 0.15) is 18.4 Å². The molecule has 2 rings (SSSR count). The summed E-state index contributed by atoms with van der Waals surface area (Å²) in [6.07, 6.45) is 5.90. The van der Waals surface area contributed by atoms with Crippen LogP contribution in [0, 0.1) is 0 Å². The maximum atomic E-state index is 9.89. The molecule has 28 heavy (non-hydrogen) atoms. The molecule has 1 aromatic rings. The summed E-state index contributed by atoms with van der Waals surface area (Å²) in [4.78, 5) is 30.5. The Bertz CT molecular complexity index is 647. The van der Waals surface area contributed by atoms with E-state index >= 15 is 0 Å². The number of piperidine rings is 1. The Labute approximate surface area is 167 Å². The normalized spacial score (nSPS) is 16.1. The van der Waals surface area contributed by atoms with E-state index in [-0.39, 0.29) is 11.8 Å². The highest BCUT2D eigenvalue weighted by atomic mass is 35.5. The van der Waals surface area contributed by atoms with Crippen LogP contribution in [0.15, 0.2) is 41.7 Å². The van der Waals surface area contributed by atoms with Gasteiger partial charge in [-0.15, -0.1) is 0 Å². The zero-order chi connectivity index (χ0) is 20.8. The summed E-state index contributed by atoms with van der Waals surface area (Å²) in [7, 11) is 0. The predicted octanol–water partition coefficient (Wildman–Crippen LogP) is 1.56. The number of aromatic nitrogens is 1. The van der Waals surface area contributed by atoms with Crippen LogP contribution in [-0.4, -0.2) is 74.7 Å². The van der Waals surface area contributed by atoms with Gasteiger partial charge in [-0.2, -0.15) is 0 Å². The Morgan fingerprint density at radius 2 is 1.86 bits per heavy atom. The molecule has 0 spiro atoms. The first-order chi connectivity index (χ1) is 13.4. The molecule has 0 aromatic carbocycles. The van der Waals surface area contributed by atoms with E-state index in [1.165, 1.54) is 19.3 Å². The van der Waals surface area contributed by atoms with Gasteiger partial charge in [0.05, 0.1) is 0 Å². The molecule has 0 radical (unpaired) electrons. The molecule has 0 amide bonds. The lowest BCUT2D eigenvalue weighted by atomic mass is 10.1. The van der Waals surface area contributed by atoms with Crippen LogP contribution in [0.3, 0.4) is 0 Å². The first kappa shape index (κ1) is 23.5. The Hall–Kier alpha value is -2.49. The Kier molecular flexibility index (Phi) is 11.5. The second kappa shape index (κ2) is 13.6. The fraction of sp³-hybridized carbons (Fsp3) is 0.444. The molecular weight excluding hydrogens is 390 g/mol. The molecule has 10 heteroatoms. The minimum Gasteiger partial charge on any atom is -0.478 e. The van der Waals surface area contributed by atoms with Crippen LogP contribution < -0.4 is 0 Å². The van der Waals surface area contributed by atoms with Crippen molar-refractivity contribution in [3.8, 4) is 0 Å². The minimum atomic E-state index is -1.26. The maximum absolute atomic E-state index is 9.89. The number of likely N-dealkylation sites (tertiary alicyclic amines) is 1. The highest BCUT2D eigenvalue weighted by Crippen LogP contribution is 2.09. The predicted molar refractivity (Wildman–Crippen MR) is 103 cm³/mol. The van der Waals surface area contributed by atoms with Gasteiger partial charge in [-0.3, -0.25) is 4.98 Å². The van der Waals surface area contributed by atoms with Crippen LogP contribution >= 0.6 is 11.6 Å². The van der Waals surface area contributed by atoms with Crippen molar-refractivity contribution >= 4 is 28.7 Å². The summed E-state index contributed by atoms with van der Waals surface area (Å²) in [6, 6.07) is 5.38. The molecule has 0 aliphatic carbocycles. The number of nitrogens with zero attached hydrogens (tertiary/aromatic N) is 3. The second-order valence-corrected chi connectivity index (χ2v) is 6.28. The minimum absolute atomic E-state index is 0.138. The van der Waals surface area contributed by atoms with Crippen molar-refractivity contribution in [2.24, 2.45) is 5.16 Å². The molecule has 1 aliphatic rings. The molecule has 0 bridgehead atoms. The molecule has 9 nitrogen and oxygen atoms in total. The van der Waals surface area contributed by atoms with Crippen molar-refractivity contribution in [1.29, 1.82) is 0 Å². The lowest BCUT2D eigenvalue weighted by Crippen LogP contribution is -2.38. The first-order valence-corrected chi connectivity index (χ1v) is 9.07. The topological polar surface area (TPSA) is 133 Å². The van der Waals surface area contributed by atoms with Gasteiger partial charge in [0.25, 0.3) is 0 Å². The number of hydrogen-bond acceptors (Lipinski definition) is 7. The molecule has 1 aromatic heterocycles. The van der Waals surface area contributed by atoms with Gasteiger partial charge in [-0.25, -0.2) is 9.59 Å². The standard InChI is InChI=1S/C14H20ClN3O2.C4H4O4/c15-14(13-6-2-3-7-16-13)17-20-11-12(19)10-18-8-4-1-5-9-18;5-3(6)1-2-4(7)8/h2-3,6-7,12,19H,1,4-5,8-11H2;1-2H,(H,5,6)(H,7,8)/b;2-1-. The Morgan fingerprint density at radius 3 is 2.39 bits per heavy atom. The number of aliphatic hydroxyl groups excluding tert-OH is 1. The Balaban J connectivity index is 0.000000416. The van der Waals surface area contributed by atoms with Gasteiger partial charge < -0.3 is 25.1 Å². The molecule has 154 valence electrons. The van der Waals surface area contributed by atoms with E-state index in [2.05, 4.69) is 15.0 Å². The molecular formula is C18H24ClN3O6. The average molecular weight is 414 g/mol. The number of aliphatic hydroxyl groups is 1. The van der Waals surface area contributed by atoms with Crippen molar-refractivity contribution in [2.45, 2.75) is 25.4 Å². The fourth-order valence-corrected chi connectivity index (χ4v) is 2.51. The van der Waals surface area contributed by atoms with Crippen molar-refractivity contribution in [3.63, 3.8) is 0 Å². The third-order valence-corrected chi connectivity index (χ3v) is 3.84. The molecule has 1 atom stereocenters. The summed E-state index contributed by atoms with van der Waals surface area (Å²) in [5.74, 6) is -2.51. The van der Waals surface area contributed by atoms with E-state index in [0.717, 1.165) is 13.1 Å². The largest absolute Gasteiger partial charge is 0.478 e. The SMILES string of the molecule is O=C(O)/C=C\C(=O)O.OC(CON=C(Cl)c1ccccn1)CN1CCCCC1. The third-order valence-electron chi connectivity index (χ3n) is 3.57. The molecule has 1 unspecified atom stereocenters. The van der Waals surface area contributed by atoms with Crippen LogP contribution in [0.25, 0.3) is 0 Å². The van der Waals surface area contributed by atoms with Gasteiger partial charge in [0.2, 0.25) is 0 Å². The van der Waals surface area contributed by atoms with E-state index < -0.39 is 18.0 Å². The fourth-order valence-electron chi connectivity index (χ4n) is 2.35. The summed E-state index contributed by atoms with van der Waals surface area (Å²) >= 11 is 5.95. The molecule has 1 saturated heterocycles. The lowest BCUT2D eigenvalue weighted by molar-refractivity contribution is -0.134. The summed E-state index contributed by atoms with van der Waals surface area (Å²) < 4.78 is 0. The second-order valence-electron chi connectivity index (χ2n) is 5.92. The van der Waals surface area contributed by atoms with Crippen LogP contribution in [-0.2, 0) is 14.4 Å². The van der Waals surface area contributed by atoms with Crippen LogP contribution in [0.5, 0.6) is 0 Å². The van der Waals surface area contributed by atoms with Crippen LogP contribution in [0.2, 0.25) is 0 Å². The van der Waals surface area contributed by atoms with Gasteiger partial charge in [0.15, 0.2) is 5.17 Å².